The van der Waals surface area contributed by atoms with Crippen molar-refractivity contribution in [3.8, 4) is 34.0 Å². The van der Waals surface area contributed by atoms with Crippen LogP contribution in [-0.4, -0.2) is 36.4 Å². The molecule has 2 heterocycles. The molecule has 2 N–H and O–H groups in total. The molecule has 2 fully saturated rings. The van der Waals surface area contributed by atoms with Gasteiger partial charge < -0.3 is 20.1 Å². The normalized spacial score (nSPS) is 17.4. The number of aromatic nitrogens is 1. The van der Waals surface area contributed by atoms with Crippen LogP contribution in [0.3, 0.4) is 0 Å². The molecule has 2 aliphatic rings. The minimum Gasteiger partial charge on any atom is -0.481 e. The predicted octanol–water partition coefficient (Wildman–Crippen LogP) is 9.13. The standard InChI is InChI=1S/C39H40BrCl2N3O4/c1-48-38-27(5-2-7-29-16-18-35(47)44-29)20-34(40)39(45-38)49-23-28-6-3-9-32(36(28)41)33-10-4-8-31(37(33)42)26-14-11-24(12-15-26)21-43-22-25-13-17-30(46)19-25/h3-4,6,8-12,14-15,20,25,29,43H,2,5,7,13,16-19,21-23H2,1H3,(H,44,47)/t25-,29-/m1/s1. The molecule has 6 rings (SSSR count). The van der Waals surface area contributed by atoms with Gasteiger partial charge in [0, 0.05) is 59.7 Å². The lowest BCUT2D eigenvalue weighted by Crippen LogP contribution is -2.25. The molecule has 1 aromatic heterocycles. The number of ether oxygens (including phenoxy) is 2. The van der Waals surface area contributed by atoms with Crippen molar-refractivity contribution in [3.63, 3.8) is 0 Å². The van der Waals surface area contributed by atoms with Crippen LogP contribution in [0.25, 0.3) is 22.3 Å². The molecule has 7 nitrogen and oxygen atoms in total. The number of halogens is 3. The van der Waals surface area contributed by atoms with Crippen LogP contribution in [0.1, 0.15) is 61.6 Å². The maximum absolute atomic E-state index is 11.6. The summed E-state index contributed by atoms with van der Waals surface area (Å²) in [6, 6.07) is 22.5. The second-order valence-electron chi connectivity index (χ2n) is 12.8. The third-order valence-electron chi connectivity index (χ3n) is 9.37. The van der Waals surface area contributed by atoms with Crippen LogP contribution in [0, 0.1) is 5.92 Å². The first kappa shape index (κ1) is 35.4. The molecule has 1 saturated heterocycles. The lowest BCUT2D eigenvalue weighted by Gasteiger charge is -2.16. The highest BCUT2D eigenvalue weighted by molar-refractivity contribution is 9.10. The summed E-state index contributed by atoms with van der Waals surface area (Å²) in [6.45, 7) is 1.82. The van der Waals surface area contributed by atoms with Gasteiger partial charge in [-0.25, -0.2) is 0 Å². The van der Waals surface area contributed by atoms with E-state index in [0.717, 1.165) is 89.5 Å². The number of Topliss-reactive ketones (excluding diaryl/α,β-unsaturated/α-hetero) is 1. The van der Waals surface area contributed by atoms with Crippen molar-refractivity contribution >= 4 is 50.8 Å². The van der Waals surface area contributed by atoms with Crippen molar-refractivity contribution in [2.45, 2.75) is 70.6 Å². The van der Waals surface area contributed by atoms with Gasteiger partial charge in [-0.3, -0.25) is 9.59 Å². The van der Waals surface area contributed by atoms with Crippen LogP contribution in [0.5, 0.6) is 11.8 Å². The van der Waals surface area contributed by atoms with E-state index in [1.807, 2.05) is 42.5 Å². The monoisotopic (exact) mass is 763 g/mol. The van der Waals surface area contributed by atoms with Crippen LogP contribution in [0.15, 0.2) is 71.2 Å². The number of pyridine rings is 1. The molecule has 49 heavy (non-hydrogen) atoms. The van der Waals surface area contributed by atoms with E-state index in [4.69, 9.17) is 32.7 Å². The maximum atomic E-state index is 11.6. The molecular weight excluding hydrogens is 725 g/mol. The maximum Gasteiger partial charge on any atom is 0.231 e. The Morgan fingerprint density at radius 3 is 2.39 bits per heavy atom. The van der Waals surface area contributed by atoms with Crippen LogP contribution in [0.4, 0.5) is 0 Å². The first-order valence-corrected chi connectivity index (χ1v) is 18.4. The van der Waals surface area contributed by atoms with Gasteiger partial charge in [0.15, 0.2) is 0 Å². The van der Waals surface area contributed by atoms with Gasteiger partial charge in [-0.2, -0.15) is 4.98 Å². The van der Waals surface area contributed by atoms with Gasteiger partial charge in [0.25, 0.3) is 0 Å². The van der Waals surface area contributed by atoms with E-state index in [0.29, 0.717) is 46.3 Å². The molecule has 10 heteroatoms. The second kappa shape index (κ2) is 16.5. The molecule has 256 valence electrons. The molecule has 2 atom stereocenters. The topological polar surface area (TPSA) is 89.6 Å². The van der Waals surface area contributed by atoms with Gasteiger partial charge in [0.2, 0.25) is 17.7 Å². The van der Waals surface area contributed by atoms with Crippen LogP contribution >= 0.6 is 39.1 Å². The summed E-state index contributed by atoms with van der Waals surface area (Å²) in [5.74, 6) is 1.90. The Morgan fingerprint density at radius 1 is 0.918 bits per heavy atom. The zero-order valence-electron chi connectivity index (χ0n) is 27.5. The lowest BCUT2D eigenvalue weighted by molar-refractivity contribution is -0.119. The summed E-state index contributed by atoms with van der Waals surface area (Å²) in [6.07, 6.45) is 6.52. The number of nitrogens with one attached hydrogen (secondary N) is 2. The van der Waals surface area contributed by atoms with E-state index in [1.165, 1.54) is 5.56 Å². The third-order valence-corrected chi connectivity index (χ3v) is 10.8. The third kappa shape index (κ3) is 8.84. The zero-order chi connectivity index (χ0) is 34.3. The Bertz CT molecular complexity index is 1820. The summed E-state index contributed by atoms with van der Waals surface area (Å²) >= 11 is 17.7. The highest BCUT2D eigenvalue weighted by Gasteiger charge is 2.22. The van der Waals surface area contributed by atoms with Crippen molar-refractivity contribution in [3.05, 3.63) is 97.9 Å². The number of hydrogen-bond donors (Lipinski definition) is 2. The van der Waals surface area contributed by atoms with Crippen LogP contribution in [0.2, 0.25) is 10.0 Å². The quantitative estimate of drug-likeness (QED) is 0.133. The first-order valence-electron chi connectivity index (χ1n) is 16.8. The number of methoxy groups -OCH3 is 1. The predicted molar refractivity (Wildman–Crippen MR) is 198 cm³/mol. The highest BCUT2D eigenvalue weighted by Crippen LogP contribution is 2.41. The van der Waals surface area contributed by atoms with Gasteiger partial charge in [-0.05, 0) is 77.7 Å². The average molecular weight is 766 g/mol. The molecular formula is C39H40BrCl2N3O4. The highest BCUT2D eigenvalue weighted by atomic mass is 79.9. The fourth-order valence-electron chi connectivity index (χ4n) is 6.68. The molecule has 0 bridgehead atoms. The first-order chi connectivity index (χ1) is 23.8. The second-order valence-corrected chi connectivity index (χ2v) is 14.5. The number of hydrogen-bond acceptors (Lipinski definition) is 6. The Hall–Kier alpha value is -3.43. The number of carbonyl (C=O) groups excluding carboxylic acids is 2. The van der Waals surface area contributed by atoms with Gasteiger partial charge in [-0.1, -0.05) is 83.9 Å². The number of rotatable bonds is 14. The molecule has 1 amide bonds. The Kier molecular flexibility index (Phi) is 11.9. The summed E-state index contributed by atoms with van der Waals surface area (Å²) < 4.78 is 12.5. The molecule has 0 spiro atoms. The molecule has 4 aromatic rings. The molecule has 3 aromatic carbocycles. The summed E-state index contributed by atoms with van der Waals surface area (Å²) in [5, 5.41) is 7.71. The average Bonchev–Trinajstić information content (AvgIpc) is 3.72. The van der Waals surface area contributed by atoms with E-state index in [9.17, 15) is 9.59 Å². The number of benzene rings is 3. The largest absolute Gasteiger partial charge is 0.481 e. The molecule has 1 saturated carbocycles. The van der Waals surface area contributed by atoms with Crippen molar-refractivity contribution in [2.24, 2.45) is 5.92 Å². The Morgan fingerprint density at radius 2 is 1.67 bits per heavy atom. The van der Waals surface area contributed by atoms with Crippen molar-refractivity contribution < 1.29 is 19.1 Å². The lowest BCUT2D eigenvalue weighted by atomic mass is 9.97. The van der Waals surface area contributed by atoms with Crippen molar-refractivity contribution in [1.29, 1.82) is 0 Å². The fourth-order valence-corrected chi connectivity index (χ4v) is 7.78. The fraction of sp³-hybridized carbons (Fsp3) is 0.359. The Labute approximate surface area is 306 Å². The summed E-state index contributed by atoms with van der Waals surface area (Å²) in [4.78, 5) is 27.7. The summed E-state index contributed by atoms with van der Waals surface area (Å²) in [7, 11) is 1.60. The molecule has 0 unspecified atom stereocenters. The number of carbonyl (C=O) groups is 2. The van der Waals surface area contributed by atoms with Crippen molar-refractivity contribution in [2.75, 3.05) is 13.7 Å². The van der Waals surface area contributed by atoms with E-state index in [1.54, 1.807) is 7.11 Å². The molecule has 1 aliphatic carbocycles. The minimum atomic E-state index is 0.136. The minimum absolute atomic E-state index is 0.136. The van der Waals surface area contributed by atoms with Crippen LogP contribution < -0.4 is 20.1 Å². The Balaban J connectivity index is 1.11. The number of aryl methyl sites for hydroxylation is 1. The van der Waals surface area contributed by atoms with Crippen molar-refractivity contribution in [1.82, 2.24) is 15.6 Å². The molecule has 1 aliphatic heterocycles. The molecule has 0 radical (unpaired) electrons. The smallest absolute Gasteiger partial charge is 0.231 e. The van der Waals surface area contributed by atoms with Gasteiger partial charge >= 0.3 is 0 Å². The van der Waals surface area contributed by atoms with E-state index < -0.39 is 0 Å². The van der Waals surface area contributed by atoms with Gasteiger partial charge in [0.05, 0.1) is 21.6 Å². The van der Waals surface area contributed by atoms with E-state index >= 15 is 0 Å². The zero-order valence-corrected chi connectivity index (χ0v) is 30.6. The van der Waals surface area contributed by atoms with Gasteiger partial charge in [0.1, 0.15) is 12.4 Å². The van der Waals surface area contributed by atoms with Crippen LogP contribution in [-0.2, 0) is 29.2 Å². The number of nitrogens with zero attached hydrogens (tertiary/aromatic N) is 1. The number of amides is 1. The number of ketones is 1. The summed E-state index contributed by atoms with van der Waals surface area (Å²) in [5.41, 5.74) is 6.56. The van der Waals surface area contributed by atoms with E-state index in [2.05, 4.69) is 55.8 Å². The van der Waals surface area contributed by atoms with Gasteiger partial charge in [-0.15, -0.1) is 0 Å². The SMILES string of the molecule is COc1nc(OCc2cccc(-c3cccc(-c4ccc(CNC[C@@H]5CCC(=O)C5)cc4)c3Cl)c2Cl)c(Br)cc1CCC[C@@H]1CCC(=O)N1. The van der Waals surface area contributed by atoms with E-state index in [-0.39, 0.29) is 18.6 Å².